The van der Waals surface area contributed by atoms with Gasteiger partial charge in [0.25, 0.3) is 0 Å². The molecule has 0 radical (unpaired) electrons. The molecule has 0 fully saturated rings. The Labute approximate surface area is 112 Å². The molecule has 100 valence electrons. The van der Waals surface area contributed by atoms with E-state index in [4.69, 9.17) is 4.74 Å². The van der Waals surface area contributed by atoms with Crippen molar-refractivity contribution in [1.82, 2.24) is 20.3 Å². The van der Waals surface area contributed by atoms with Crippen molar-refractivity contribution in [3.63, 3.8) is 0 Å². The Kier molecular flexibility index (Phi) is 3.21. The van der Waals surface area contributed by atoms with Crippen LogP contribution >= 0.6 is 0 Å². The molecule has 1 aliphatic carbocycles. The molecule has 0 aromatic carbocycles. The van der Waals surface area contributed by atoms with Crippen molar-refractivity contribution >= 4 is 16.7 Å². The van der Waals surface area contributed by atoms with Crippen LogP contribution in [0.3, 0.4) is 0 Å². The Hall–Kier alpha value is -1.88. The van der Waals surface area contributed by atoms with E-state index in [0.717, 1.165) is 41.9 Å². The maximum absolute atomic E-state index is 5.28. The number of H-pyrrole nitrogens is 1. The minimum Gasteiger partial charge on any atom is -0.493 e. The number of hydrogen-bond donors (Lipinski definition) is 2. The summed E-state index contributed by atoms with van der Waals surface area (Å²) in [6.45, 7) is 0. The highest BCUT2D eigenvalue weighted by atomic mass is 16.5. The highest BCUT2D eigenvalue weighted by molar-refractivity contribution is 5.80. The summed E-state index contributed by atoms with van der Waals surface area (Å²) in [6, 6.07) is 0.585. The molecule has 0 amide bonds. The van der Waals surface area contributed by atoms with E-state index in [1.165, 1.54) is 5.57 Å². The van der Waals surface area contributed by atoms with E-state index in [1.807, 2.05) is 13.2 Å². The lowest BCUT2D eigenvalue weighted by Gasteiger charge is -2.20. The zero-order chi connectivity index (χ0) is 13.2. The van der Waals surface area contributed by atoms with Gasteiger partial charge in [-0.3, -0.25) is 0 Å². The molecule has 2 heterocycles. The third-order valence-electron chi connectivity index (χ3n) is 3.71. The van der Waals surface area contributed by atoms with Gasteiger partial charge in [-0.1, -0.05) is 6.08 Å². The first-order valence-electron chi connectivity index (χ1n) is 6.56. The molecule has 0 saturated heterocycles. The van der Waals surface area contributed by atoms with E-state index in [0.29, 0.717) is 6.04 Å². The van der Waals surface area contributed by atoms with E-state index in [1.54, 1.807) is 13.3 Å². The van der Waals surface area contributed by atoms with E-state index in [-0.39, 0.29) is 0 Å². The van der Waals surface area contributed by atoms with Crippen molar-refractivity contribution in [2.75, 3.05) is 14.2 Å². The van der Waals surface area contributed by atoms with Crippen LogP contribution in [0, 0.1) is 0 Å². The molecule has 19 heavy (non-hydrogen) atoms. The normalized spacial score (nSPS) is 19.5. The third kappa shape index (κ3) is 2.21. The smallest absolute Gasteiger partial charge is 0.164 e. The number of nitrogens with one attached hydrogen (secondary N) is 2. The quantitative estimate of drug-likeness (QED) is 0.885. The van der Waals surface area contributed by atoms with Crippen molar-refractivity contribution < 1.29 is 4.74 Å². The van der Waals surface area contributed by atoms with Crippen LogP contribution < -0.4 is 10.1 Å². The molecular weight excluding hydrogens is 240 g/mol. The van der Waals surface area contributed by atoms with Gasteiger partial charge in [-0.05, 0) is 31.9 Å². The fourth-order valence-electron chi connectivity index (χ4n) is 2.51. The molecular formula is C14H18N4O. The summed E-state index contributed by atoms with van der Waals surface area (Å²) in [4.78, 5) is 12.1. The zero-order valence-corrected chi connectivity index (χ0v) is 11.2. The summed E-state index contributed by atoms with van der Waals surface area (Å²) in [5, 5.41) is 3.31. The second-order valence-corrected chi connectivity index (χ2v) is 4.80. The maximum Gasteiger partial charge on any atom is 0.164 e. The van der Waals surface area contributed by atoms with Gasteiger partial charge in [-0.2, -0.15) is 0 Å². The van der Waals surface area contributed by atoms with Crippen LogP contribution in [-0.2, 0) is 0 Å². The Morgan fingerprint density at radius 1 is 1.47 bits per heavy atom. The van der Waals surface area contributed by atoms with Crippen LogP contribution in [0.5, 0.6) is 5.75 Å². The predicted molar refractivity (Wildman–Crippen MR) is 75.1 cm³/mol. The Balaban J connectivity index is 1.95. The topological polar surface area (TPSA) is 62.8 Å². The average Bonchev–Trinajstić information content (AvgIpc) is 2.89. The minimum absolute atomic E-state index is 0.585. The summed E-state index contributed by atoms with van der Waals surface area (Å²) in [5.41, 5.74) is 3.81. The number of allylic oxidation sites excluding steroid dienone is 1. The van der Waals surface area contributed by atoms with Gasteiger partial charge in [0.1, 0.15) is 5.52 Å². The minimum atomic E-state index is 0.585. The van der Waals surface area contributed by atoms with Crippen molar-refractivity contribution in [1.29, 1.82) is 0 Å². The summed E-state index contributed by atoms with van der Waals surface area (Å²) in [7, 11) is 3.66. The number of nitrogens with zero attached hydrogens (tertiary/aromatic N) is 2. The van der Waals surface area contributed by atoms with Crippen molar-refractivity contribution in [3.8, 4) is 5.75 Å². The molecule has 1 aliphatic rings. The number of fused-ring (bicyclic) bond motifs is 1. The molecule has 2 aromatic rings. The summed E-state index contributed by atoms with van der Waals surface area (Å²) < 4.78 is 5.28. The molecule has 5 nitrogen and oxygen atoms in total. The van der Waals surface area contributed by atoms with Gasteiger partial charge in [0.2, 0.25) is 0 Å². The fourth-order valence-corrected chi connectivity index (χ4v) is 2.51. The maximum atomic E-state index is 5.28. The van der Waals surface area contributed by atoms with Crippen LogP contribution in [0.15, 0.2) is 18.5 Å². The van der Waals surface area contributed by atoms with E-state index in [9.17, 15) is 0 Å². The monoisotopic (exact) mass is 258 g/mol. The lowest BCUT2D eigenvalue weighted by molar-refractivity contribution is 0.419. The number of aromatic nitrogens is 3. The number of methoxy groups -OCH3 is 1. The number of ether oxygens (including phenoxy) is 1. The van der Waals surface area contributed by atoms with Gasteiger partial charge in [-0.15, -0.1) is 0 Å². The Morgan fingerprint density at radius 3 is 3.05 bits per heavy atom. The second kappa shape index (κ2) is 5.01. The predicted octanol–water partition coefficient (Wildman–Crippen LogP) is 2.12. The first-order valence-corrected chi connectivity index (χ1v) is 6.56. The van der Waals surface area contributed by atoms with Crippen molar-refractivity contribution in [3.05, 3.63) is 24.2 Å². The fraction of sp³-hybridized carbons (Fsp3) is 0.429. The molecule has 0 aliphatic heterocycles. The van der Waals surface area contributed by atoms with Crippen LogP contribution in [0.25, 0.3) is 16.7 Å². The lowest BCUT2D eigenvalue weighted by Crippen LogP contribution is -2.26. The van der Waals surface area contributed by atoms with Gasteiger partial charge >= 0.3 is 0 Å². The van der Waals surface area contributed by atoms with Gasteiger partial charge in [0, 0.05) is 12.2 Å². The van der Waals surface area contributed by atoms with Gasteiger partial charge in [0.05, 0.1) is 19.0 Å². The van der Waals surface area contributed by atoms with Crippen LogP contribution in [0.1, 0.15) is 25.0 Å². The number of aromatic amines is 1. The van der Waals surface area contributed by atoms with E-state index >= 15 is 0 Å². The van der Waals surface area contributed by atoms with Gasteiger partial charge in [0.15, 0.2) is 11.4 Å². The standard InChI is InChI=1S/C14H18N4O/c1-15-10-5-3-9(4-6-10)11-7-16-14-13(18-11)12(19-2)8-17-14/h3,7-8,10,15H,4-6H2,1-2H3,(H,16,17). The molecule has 2 N–H and O–H groups in total. The Bertz CT molecular complexity index is 617. The first-order chi connectivity index (χ1) is 9.31. The van der Waals surface area contributed by atoms with Crippen molar-refractivity contribution in [2.24, 2.45) is 0 Å². The van der Waals surface area contributed by atoms with Gasteiger partial charge < -0.3 is 15.0 Å². The Morgan fingerprint density at radius 2 is 2.37 bits per heavy atom. The molecule has 3 rings (SSSR count). The number of hydrogen-bond acceptors (Lipinski definition) is 4. The summed E-state index contributed by atoms with van der Waals surface area (Å²) in [6.07, 6.45) is 9.13. The summed E-state index contributed by atoms with van der Waals surface area (Å²) in [5.74, 6) is 0.744. The molecule has 1 atom stereocenters. The van der Waals surface area contributed by atoms with E-state index < -0.39 is 0 Å². The largest absolute Gasteiger partial charge is 0.493 e. The molecule has 2 aromatic heterocycles. The molecule has 0 saturated carbocycles. The summed E-state index contributed by atoms with van der Waals surface area (Å²) >= 11 is 0. The zero-order valence-electron chi connectivity index (χ0n) is 11.2. The average molecular weight is 258 g/mol. The van der Waals surface area contributed by atoms with Gasteiger partial charge in [-0.25, -0.2) is 9.97 Å². The SMILES string of the molecule is CNC1CC=C(c2cnc3[nH]cc(OC)c3n2)CC1. The molecule has 1 unspecified atom stereocenters. The number of rotatable bonds is 3. The molecule has 5 heteroatoms. The lowest BCUT2D eigenvalue weighted by atomic mass is 9.93. The molecule has 0 spiro atoms. The van der Waals surface area contributed by atoms with Crippen molar-refractivity contribution in [2.45, 2.75) is 25.3 Å². The van der Waals surface area contributed by atoms with Crippen LogP contribution in [0.2, 0.25) is 0 Å². The van der Waals surface area contributed by atoms with Crippen LogP contribution in [-0.4, -0.2) is 35.2 Å². The molecule has 0 bridgehead atoms. The second-order valence-electron chi connectivity index (χ2n) is 4.80. The van der Waals surface area contributed by atoms with Crippen LogP contribution in [0.4, 0.5) is 0 Å². The van der Waals surface area contributed by atoms with E-state index in [2.05, 4.69) is 26.3 Å². The highest BCUT2D eigenvalue weighted by Gasteiger charge is 2.16. The third-order valence-corrected chi connectivity index (χ3v) is 3.71. The highest BCUT2D eigenvalue weighted by Crippen LogP contribution is 2.28. The first kappa shape index (κ1) is 12.2.